The summed E-state index contributed by atoms with van der Waals surface area (Å²) in [5, 5.41) is 11.8. The Balaban J connectivity index is 2.73. The minimum atomic E-state index is 0.207. The van der Waals surface area contributed by atoms with Crippen LogP contribution in [-0.4, -0.2) is 13.1 Å². The van der Waals surface area contributed by atoms with Gasteiger partial charge in [0.05, 0.1) is 6.07 Å². The number of hydrogen-bond donors (Lipinski definition) is 1. The van der Waals surface area contributed by atoms with Crippen LogP contribution in [0.2, 0.25) is 0 Å². The van der Waals surface area contributed by atoms with Crippen LogP contribution in [0.1, 0.15) is 49.4 Å². The molecule has 0 unspecified atom stereocenters. The average Bonchev–Trinajstić information content (AvgIpc) is 2.30. The van der Waals surface area contributed by atoms with Crippen LogP contribution in [0.25, 0.3) is 0 Å². The first-order valence-electron chi connectivity index (χ1n) is 7.04. The molecular formula is C17H26N2. The summed E-state index contributed by atoms with van der Waals surface area (Å²) in [4.78, 5) is 0. The molecule has 0 aliphatic heterocycles. The number of aryl methyl sites for hydroxylation is 2. The van der Waals surface area contributed by atoms with Crippen molar-refractivity contribution >= 4 is 0 Å². The van der Waals surface area contributed by atoms with E-state index in [-0.39, 0.29) is 5.41 Å². The van der Waals surface area contributed by atoms with Crippen LogP contribution in [0.3, 0.4) is 0 Å². The van der Waals surface area contributed by atoms with E-state index in [2.05, 4.69) is 58.1 Å². The molecule has 1 N–H and O–H groups in total. The second-order valence-corrected chi connectivity index (χ2v) is 6.25. The molecule has 0 radical (unpaired) electrons. The Morgan fingerprint density at radius 1 is 1.11 bits per heavy atom. The van der Waals surface area contributed by atoms with Gasteiger partial charge in [-0.1, -0.05) is 32.9 Å². The molecule has 0 saturated heterocycles. The Morgan fingerprint density at radius 3 is 2.16 bits per heavy atom. The summed E-state index contributed by atoms with van der Waals surface area (Å²) < 4.78 is 0. The van der Waals surface area contributed by atoms with Gasteiger partial charge in [0.1, 0.15) is 0 Å². The summed E-state index contributed by atoms with van der Waals surface area (Å²) in [6.07, 6.45) is 1.62. The van der Waals surface area contributed by atoms with Gasteiger partial charge in [-0.2, -0.15) is 5.26 Å². The molecule has 0 amide bonds. The van der Waals surface area contributed by atoms with Crippen LogP contribution in [0.5, 0.6) is 0 Å². The summed E-state index contributed by atoms with van der Waals surface area (Å²) in [5.41, 5.74) is 5.82. The van der Waals surface area contributed by atoms with Gasteiger partial charge in [-0.05, 0) is 54.5 Å². The molecule has 2 nitrogen and oxygen atoms in total. The molecule has 1 rings (SSSR count). The lowest BCUT2D eigenvalue weighted by atomic mass is 9.83. The lowest BCUT2D eigenvalue weighted by Gasteiger charge is -2.22. The van der Waals surface area contributed by atoms with Gasteiger partial charge >= 0.3 is 0 Å². The van der Waals surface area contributed by atoms with E-state index in [0.29, 0.717) is 6.42 Å². The van der Waals surface area contributed by atoms with Crippen LogP contribution in [-0.2, 0) is 11.8 Å². The zero-order valence-corrected chi connectivity index (χ0v) is 12.9. The molecule has 0 spiro atoms. The Bertz CT molecular complexity index is 438. The van der Waals surface area contributed by atoms with Crippen molar-refractivity contribution in [1.29, 1.82) is 5.26 Å². The van der Waals surface area contributed by atoms with E-state index in [1.807, 2.05) is 0 Å². The Kier molecular flexibility index (Phi) is 5.57. The molecule has 19 heavy (non-hydrogen) atoms. The maximum absolute atomic E-state index is 8.49. The van der Waals surface area contributed by atoms with Crippen molar-refractivity contribution in [3.8, 4) is 6.07 Å². The fourth-order valence-electron chi connectivity index (χ4n) is 2.30. The highest BCUT2D eigenvalue weighted by Gasteiger charge is 2.15. The van der Waals surface area contributed by atoms with Gasteiger partial charge in [0.2, 0.25) is 0 Å². The molecule has 104 valence electrons. The standard InChI is InChI=1S/C17H26N2/c1-13-11-15(17(3,4)5)12-14(2)16(13)7-10-19-9-6-8-18/h11-12,19H,6-7,9-10H2,1-5H3. The summed E-state index contributed by atoms with van der Waals surface area (Å²) in [5.74, 6) is 0. The third-order valence-electron chi connectivity index (χ3n) is 3.53. The van der Waals surface area contributed by atoms with Crippen LogP contribution in [0, 0.1) is 25.2 Å². The van der Waals surface area contributed by atoms with E-state index in [0.717, 1.165) is 19.5 Å². The molecule has 0 bridgehead atoms. The second kappa shape index (κ2) is 6.73. The summed E-state index contributed by atoms with van der Waals surface area (Å²) in [6, 6.07) is 6.78. The van der Waals surface area contributed by atoms with E-state index in [1.165, 1.54) is 22.3 Å². The van der Waals surface area contributed by atoms with Gasteiger partial charge in [0.15, 0.2) is 0 Å². The molecule has 0 saturated carbocycles. The lowest BCUT2D eigenvalue weighted by Crippen LogP contribution is -2.19. The zero-order valence-electron chi connectivity index (χ0n) is 12.9. The Morgan fingerprint density at radius 2 is 1.68 bits per heavy atom. The molecule has 0 heterocycles. The van der Waals surface area contributed by atoms with Crippen LogP contribution in [0.15, 0.2) is 12.1 Å². The number of hydrogen-bond acceptors (Lipinski definition) is 2. The van der Waals surface area contributed by atoms with Crippen molar-refractivity contribution in [1.82, 2.24) is 5.32 Å². The first-order chi connectivity index (χ1) is 8.86. The van der Waals surface area contributed by atoms with Crippen LogP contribution >= 0.6 is 0 Å². The summed E-state index contributed by atoms with van der Waals surface area (Å²) in [6.45, 7) is 12.9. The predicted octanol–water partition coefficient (Wildman–Crippen LogP) is 3.65. The number of nitrogens with one attached hydrogen (secondary N) is 1. The monoisotopic (exact) mass is 258 g/mol. The molecule has 0 aromatic heterocycles. The molecular weight excluding hydrogens is 232 g/mol. The molecule has 0 atom stereocenters. The Hall–Kier alpha value is -1.33. The van der Waals surface area contributed by atoms with Crippen molar-refractivity contribution in [2.45, 2.75) is 52.9 Å². The zero-order chi connectivity index (χ0) is 14.5. The molecule has 0 aliphatic carbocycles. The molecule has 0 fully saturated rings. The van der Waals surface area contributed by atoms with Crippen molar-refractivity contribution in [2.75, 3.05) is 13.1 Å². The Labute approximate surface area is 117 Å². The molecule has 1 aromatic rings. The van der Waals surface area contributed by atoms with E-state index >= 15 is 0 Å². The maximum Gasteiger partial charge on any atom is 0.0635 e. The van der Waals surface area contributed by atoms with Crippen LogP contribution in [0.4, 0.5) is 0 Å². The largest absolute Gasteiger partial charge is 0.315 e. The number of nitriles is 1. The predicted molar refractivity (Wildman–Crippen MR) is 81.4 cm³/mol. The van der Waals surface area contributed by atoms with E-state index in [1.54, 1.807) is 0 Å². The second-order valence-electron chi connectivity index (χ2n) is 6.25. The normalized spacial score (nSPS) is 11.4. The maximum atomic E-state index is 8.49. The van der Waals surface area contributed by atoms with E-state index in [9.17, 15) is 0 Å². The third-order valence-corrected chi connectivity index (χ3v) is 3.53. The molecule has 1 aromatic carbocycles. The SMILES string of the molecule is Cc1cc(C(C)(C)C)cc(C)c1CCNCCC#N. The third kappa shape index (κ3) is 4.69. The van der Waals surface area contributed by atoms with Gasteiger partial charge in [-0.25, -0.2) is 0 Å². The van der Waals surface area contributed by atoms with Crippen LogP contribution < -0.4 is 5.32 Å². The summed E-state index contributed by atoms with van der Waals surface area (Å²) in [7, 11) is 0. The van der Waals surface area contributed by atoms with Crippen molar-refractivity contribution < 1.29 is 0 Å². The lowest BCUT2D eigenvalue weighted by molar-refractivity contribution is 0.588. The smallest absolute Gasteiger partial charge is 0.0635 e. The first kappa shape index (κ1) is 15.7. The highest BCUT2D eigenvalue weighted by Crippen LogP contribution is 2.26. The van der Waals surface area contributed by atoms with Crippen molar-refractivity contribution in [2.24, 2.45) is 0 Å². The topological polar surface area (TPSA) is 35.8 Å². The quantitative estimate of drug-likeness (QED) is 0.818. The minimum Gasteiger partial charge on any atom is -0.315 e. The van der Waals surface area contributed by atoms with Gasteiger partial charge in [0, 0.05) is 13.0 Å². The number of benzene rings is 1. The van der Waals surface area contributed by atoms with Gasteiger partial charge in [0.25, 0.3) is 0 Å². The van der Waals surface area contributed by atoms with Gasteiger partial charge in [-0.3, -0.25) is 0 Å². The summed E-state index contributed by atoms with van der Waals surface area (Å²) >= 11 is 0. The first-order valence-corrected chi connectivity index (χ1v) is 7.04. The van der Waals surface area contributed by atoms with Gasteiger partial charge in [-0.15, -0.1) is 0 Å². The molecule has 0 aliphatic rings. The fraction of sp³-hybridized carbons (Fsp3) is 0.588. The van der Waals surface area contributed by atoms with Crippen molar-refractivity contribution in [3.05, 3.63) is 34.4 Å². The van der Waals surface area contributed by atoms with E-state index < -0.39 is 0 Å². The highest BCUT2D eigenvalue weighted by atomic mass is 14.8. The number of rotatable bonds is 5. The van der Waals surface area contributed by atoms with E-state index in [4.69, 9.17) is 5.26 Å². The minimum absolute atomic E-state index is 0.207. The average molecular weight is 258 g/mol. The number of nitrogens with zero attached hydrogens (tertiary/aromatic N) is 1. The fourth-order valence-corrected chi connectivity index (χ4v) is 2.30. The van der Waals surface area contributed by atoms with Gasteiger partial charge < -0.3 is 5.32 Å². The molecule has 2 heteroatoms. The highest BCUT2D eigenvalue weighted by molar-refractivity contribution is 5.40. The van der Waals surface area contributed by atoms with Crippen molar-refractivity contribution in [3.63, 3.8) is 0 Å².